The van der Waals surface area contributed by atoms with Crippen molar-refractivity contribution in [3.8, 4) is 0 Å². The summed E-state index contributed by atoms with van der Waals surface area (Å²) in [7, 11) is 0. The van der Waals surface area contributed by atoms with E-state index in [2.05, 4.69) is 34.2 Å². The molecule has 1 aromatic heterocycles. The van der Waals surface area contributed by atoms with Crippen LogP contribution in [0.1, 0.15) is 29.0 Å². The van der Waals surface area contributed by atoms with Crippen LogP contribution in [0.4, 0.5) is 8.78 Å². The Balaban J connectivity index is 2.25. The zero-order valence-electron chi connectivity index (χ0n) is 11.3. The molecule has 0 saturated carbocycles. The summed E-state index contributed by atoms with van der Waals surface area (Å²) >= 11 is 5.17. The maximum atomic E-state index is 13.3. The Labute approximate surface area is 130 Å². The van der Waals surface area contributed by atoms with E-state index in [-0.39, 0.29) is 6.04 Å². The molecule has 0 amide bonds. The molecule has 0 aliphatic heterocycles. The van der Waals surface area contributed by atoms with Crippen LogP contribution in [0, 0.1) is 18.6 Å². The number of likely N-dealkylation sites (N-methyl/N-ethyl adjacent to an activating group) is 1. The lowest BCUT2D eigenvalue weighted by Gasteiger charge is -2.18. The molecule has 5 heteroatoms. The first kappa shape index (κ1) is 15.6. The molecular weight excluding hydrogens is 344 g/mol. The lowest BCUT2D eigenvalue weighted by molar-refractivity contribution is 0.502. The van der Waals surface area contributed by atoms with Crippen LogP contribution in [0.5, 0.6) is 0 Å². The normalized spacial score (nSPS) is 12.7. The quantitative estimate of drug-likeness (QED) is 0.792. The van der Waals surface area contributed by atoms with E-state index in [4.69, 9.17) is 0 Å². The van der Waals surface area contributed by atoms with Crippen LogP contribution in [0.2, 0.25) is 0 Å². The molecule has 1 heterocycles. The monoisotopic (exact) mass is 359 g/mol. The fourth-order valence-corrected chi connectivity index (χ4v) is 4.02. The van der Waals surface area contributed by atoms with Crippen molar-refractivity contribution in [2.75, 3.05) is 6.54 Å². The summed E-state index contributed by atoms with van der Waals surface area (Å²) in [5.74, 6) is -1.59. The highest BCUT2D eigenvalue weighted by atomic mass is 79.9. The SMILES string of the molecule is CCNC(Cc1ccc(F)c(F)c1)c1cc(Br)sc1C. The first-order chi connectivity index (χ1) is 9.51. The van der Waals surface area contributed by atoms with Gasteiger partial charge in [-0.05, 0) is 65.1 Å². The van der Waals surface area contributed by atoms with Gasteiger partial charge in [0.15, 0.2) is 11.6 Å². The highest BCUT2D eigenvalue weighted by Gasteiger charge is 2.16. The van der Waals surface area contributed by atoms with Gasteiger partial charge in [-0.1, -0.05) is 13.0 Å². The molecule has 2 aromatic rings. The number of rotatable bonds is 5. The lowest BCUT2D eigenvalue weighted by atomic mass is 9.99. The van der Waals surface area contributed by atoms with Gasteiger partial charge in [0.25, 0.3) is 0 Å². The van der Waals surface area contributed by atoms with Crippen molar-refractivity contribution in [3.63, 3.8) is 0 Å². The molecular formula is C15H16BrF2NS. The third-order valence-electron chi connectivity index (χ3n) is 3.18. The Hall–Kier alpha value is -0.780. The van der Waals surface area contributed by atoms with Gasteiger partial charge in [0, 0.05) is 10.9 Å². The molecule has 0 fully saturated rings. The highest BCUT2D eigenvalue weighted by molar-refractivity contribution is 9.11. The fraction of sp³-hybridized carbons (Fsp3) is 0.333. The van der Waals surface area contributed by atoms with Gasteiger partial charge in [-0.25, -0.2) is 8.78 Å². The van der Waals surface area contributed by atoms with Gasteiger partial charge >= 0.3 is 0 Å². The van der Waals surface area contributed by atoms with Crippen molar-refractivity contribution in [2.24, 2.45) is 0 Å². The van der Waals surface area contributed by atoms with Crippen LogP contribution in [-0.4, -0.2) is 6.54 Å². The van der Waals surface area contributed by atoms with Gasteiger partial charge in [0.2, 0.25) is 0 Å². The maximum absolute atomic E-state index is 13.3. The minimum absolute atomic E-state index is 0.104. The summed E-state index contributed by atoms with van der Waals surface area (Å²) in [6.45, 7) is 4.93. The minimum atomic E-state index is -0.803. The Kier molecular flexibility index (Phi) is 5.29. The topological polar surface area (TPSA) is 12.0 Å². The third-order valence-corrected chi connectivity index (χ3v) is 4.75. The Morgan fingerprint density at radius 3 is 2.55 bits per heavy atom. The standard InChI is InChI=1S/C15H16BrF2NS/c1-3-19-14(11-8-15(16)20-9(11)2)7-10-4-5-12(17)13(18)6-10/h4-6,8,14,19H,3,7H2,1-2H3. The number of aryl methyl sites for hydroxylation is 1. The van der Waals surface area contributed by atoms with Crippen LogP contribution >= 0.6 is 27.3 Å². The Bertz CT molecular complexity index is 598. The molecule has 20 heavy (non-hydrogen) atoms. The second-order valence-electron chi connectivity index (χ2n) is 4.62. The molecule has 1 unspecified atom stereocenters. The summed E-state index contributed by atoms with van der Waals surface area (Å²) in [4.78, 5) is 1.23. The van der Waals surface area contributed by atoms with Crippen LogP contribution in [-0.2, 0) is 6.42 Å². The number of nitrogens with one attached hydrogen (secondary N) is 1. The van der Waals surface area contributed by atoms with Crippen LogP contribution < -0.4 is 5.32 Å². The zero-order chi connectivity index (χ0) is 14.7. The molecule has 108 valence electrons. The molecule has 1 nitrogen and oxygen atoms in total. The van der Waals surface area contributed by atoms with Crippen molar-refractivity contribution in [1.29, 1.82) is 0 Å². The predicted octanol–water partition coefficient (Wildman–Crippen LogP) is 4.99. The highest BCUT2D eigenvalue weighted by Crippen LogP contribution is 2.32. The van der Waals surface area contributed by atoms with E-state index in [1.165, 1.54) is 22.6 Å². The Morgan fingerprint density at radius 1 is 1.25 bits per heavy atom. The number of hydrogen-bond acceptors (Lipinski definition) is 2. The molecule has 0 radical (unpaired) electrons. The number of thiophene rings is 1. The second kappa shape index (κ2) is 6.78. The summed E-state index contributed by atoms with van der Waals surface area (Å²) in [6, 6.07) is 6.29. The minimum Gasteiger partial charge on any atom is -0.310 e. The van der Waals surface area contributed by atoms with Gasteiger partial charge in [-0.2, -0.15) is 0 Å². The third kappa shape index (κ3) is 3.65. The summed E-state index contributed by atoms with van der Waals surface area (Å²) < 4.78 is 27.4. The summed E-state index contributed by atoms with van der Waals surface area (Å²) in [5.41, 5.74) is 1.99. The Morgan fingerprint density at radius 2 is 2.00 bits per heavy atom. The van der Waals surface area contributed by atoms with Gasteiger partial charge < -0.3 is 5.32 Å². The number of benzene rings is 1. The molecule has 1 atom stereocenters. The summed E-state index contributed by atoms with van der Waals surface area (Å²) in [6.07, 6.45) is 0.634. The molecule has 0 aliphatic rings. The number of halogens is 3. The van der Waals surface area contributed by atoms with E-state index in [1.54, 1.807) is 17.4 Å². The molecule has 0 aliphatic carbocycles. The van der Waals surface area contributed by atoms with Crippen LogP contribution in [0.15, 0.2) is 28.1 Å². The number of hydrogen-bond donors (Lipinski definition) is 1. The van der Waals surface area contributed by atoms with E-state index < -0.39 is 11.6 Å². The molecule has 1 aromatic carbocycles. The average Bonchev–Trinajstić information content (AvgIpc) is 2.72. The first-order valence-electron chi connectivity index (χ1n) is 6.44. The molecule has 2 rings (SSSR count). The molecule has 0 bridgehead atoms. The van der Waals surface area contributed by atoms with Crippen molar-refractivity contribution >= 4 is 27.3 Å². The predicted molar refractivity (Wildman–Crippen MR) is 83.2 cm³/mol. The molecule has 0 spiro atoms. The fourth-order valence-electron chi connectivity index (χ4n) is 2.25. The first-order valence-corrected chi connectivity index (χ1v) is 8.05. The maximum Gasteiger partial charge on any atom is 0.159 e. The van der Waals surface area contributed by atoms with Gasteiger partial charge in [-0.15, -0.1) is 11.3 Å². The van der Waals surface area contributed by atoms with E-state index in [9.17, 15) is 8.78 Å². The summed E-state index contributed by atoms with van der Waals surface area (Å²) in [5, 5.41) is 3.41. The largest absolute Gasteiger partial charge is 0.310 e. The van der Waals surface area contributed by atoms with Crippen molar-refractivity contribution in [1.82, 2.24) is 5.32 Å². The lowest BCUT2D eigenvalue weighted by Crippen LogP contribution is -2.23. The van der Waals surface area contributed by atoms with E-state index in [0.29, 0.717) is 6.42 Å². The van der Waals surface area contributed by atoms with Gasteiger partial charge in [0.1, 0.15) is 0 Å². The van der Waals surface area contributed by atoms with Crippen molar-refractivity contribution in [2.45, 2.75) is 26.3 Å². The van der Waals surface area contributed by atoms with E-state index in [1.807, 2.05) is 6.92 Å². The van der Waals surface area contributed by atoms with E-state index >= 15 is 0 Å². The van der Waals surface area contributed by atoms with Crippen LogP contribution in [0.3, 0.4) is 0 Å². The van der Waals surface area contributed by atoms with Crippen LogP contribution in [0.25, 0.3) is 0 Å². The zero-order valence-corrected chi connectivity index (χ0v) is 13.7. The average molecular weight is 360 g/mol. The van der Waals surface area contributed by atoms with Gasteiger partial charge in [-0.3, -0.25) is 0 Å². The molecule has 0 saturated heterocycles. The second-order valence-corrected chi connectivity index (χ2v) is 7.26. The smallest absolute Gasteiger partial charge is 0.159 e. The van der Waals surface area contributed by atoms with Gasteiger partial charge in [0.05, 0.1) is 3.79 Å². The van der Waals surface area contributed by atoms with Crippen molar-refractivity contribution < 1.29 is 8.78 Å². The van der Waals surface area contributed by atoms with E-state index in [0.717, 1.165) is 15.9 Å². The molecule has 1 N–H and O–H groups in total. The van der Waals surface area contributed by atoms with Crippen molar-refractivity contribution in [3.05, 3.63) is 55.7 Å².